The molecule has 0 aromatic carbocycles. The Balaban J connectivity index is 3.22. The number of ether oxygens (including phenoxy) is 4. The maximum Gasteiger partial charge on any atom is 0.375 e. The number of aliphatic hydroxyl groups is 1. The van der Waals surface area contributed by atoms with Crippen molar-refractivity contribution in [1.29, 1.82) is 0 Å². The number of thioether (sulfide) groups is 2. The van der Waals surface area contributed by atoms with E-state index in [-0.39, 0.29) is 28.8 Å². The van der Waals surface area contributed by atoms with Gasteiger partial charge in [-0.1, -0.05) is 0 Å². The van der Waals surface area contributed by atoms with Crippen molar-refractivity contribution in [3.05, 3.63) is 10.7 Å². The first-order valence-electron chi connectivity index (χ1n) is 10.2. The van der Waals surface area contributed by atoms with Crippen molar-refractivity contribution in [2.24, 2.45) is 0 Å². The summed E-state index contributed by atoms with van der Waals surface area (Å²) in [6.07, 6.45) is 0. The topological polar surface area (TPSA) is 184 Å². The number of methoxy groups -OCH3 is 2. The van der Waals surface area contributed by atoms with Crippen LogP contribution in [0, 0.1) is 0 Å². The van der Waals surface area contributed by atoms with Crippen LogP contribution in [0.3, 0.4) is 0 Å². The number of carbonyl (C=O) groups is 6. The number of rotatable bonds is 13. The highest BCUT2D eigenvalue weighted by molar-refractivity contribution is 8.03. The third kappa shape index (κ3) is 8.06. The molecule has 1 heterocycles. The second-order valence-electron chi connectivity index (χ2n) is 6.99. The molecule has 0 saturated heterocycles. The third-order valence-electron chi connectivity index (χ3n) is 4.36. The molecular weight excluding hydrogens is 508 g/mol. The number of aliphatic hydroxyl groups excluding tert-OH is 1. The summed E-state index contributed by atoms with van der Waals surface area (Å²) < 4.78 is 19.6. The number of hydrogen-bond donors (Lipinski definition) is 3. The van der Waals surface area contributed by atoms with E-state index in [1.165, 1.54) is 20.8 Å². The smallest absolute Gasteiger partial charge is 0.375 e. The number of hydrogen-bond acceptors (Lipinski definition) is 13. The molecular formula is C20H28N2O11S2. The summed E-state index contributed by atoms with van der Waals surface area (Å²) in [6, 6.07) is -2.22. The van der Waals surface area contributed by atoms with Crippen molar-refractivity contribution < 1.29 is 52.8 Å². The van der Waals surface area contributed by atoms with Gasteiger partial charge in [-0.25, -0.2) is 19.2 Å². The number of nitrogens with one attached hydrogen (secondary N) is 2. The Hall–Kier alpha value is -2.94. The molecule has 35 heavy (non-hydrogen) atoms. The minimum atomic E-state index is -2.10. The first-order chi connectivity index (χ1) is 16.4. The number of esters is 4. The summed E-state index contributed by atoms with van der Waals surface area (Å²) in [7, 11) is 2.26. The first kappa shape index (κ1) is 30.1. The zero-order valence-electron chi connectivity index (χ0n) is 19.8. The fourth-order valence-corrected chi connectivity index (χ4v) is 5.33. The molecule has 2 amide bonds. The highest BCUT2D eigenvalue weighted by atomic mass is 32.2. The maximum absolute atomic E-state index is 12.9. The average Bonchev–Trinajstić information content (AvgIpc) is 3.04. The minimum absolute atomic E-state index is 0.0691. The maximum atomic E-state index is 12.9. The van der Waals surface area contributed by atoms with Crippen molar-refractivity contribution in [3.63, 3.8) is 0 Å². The average molecular weight is 537 g/mol. The van der Waals surface area contributed by atoms with Crippen molar-refractivity contribution in [3.8, 4) is 0 Å². The minimum Gasteiger partial charge on any atom is -0.501 e. The standard InChI is InChI=1S/C20H28N2O11S2/c1-6-32-19(29)20(9-34-7-12(16(26)30-4)21-10(2)23)15(14(25)18(28)33-20)35-8-13(17(27)31-5)22-11(3)24/h12-13,25H,6-9H2,1-5H3,(H,21,23)(H,22,24). The van der Waals surface area contributed by atoms with E-state index < -0.39 is 59.1 Å². The molecule has 13 nitrogen and oxygen atoms in total. The second kappa shape index (κ2) is 13.8. The molecule has 0 spiro atoms. The molecule has 1 rings (SSSR count). The van der Waals surface area contributed by atoms with Crippen LogP contribution < -0.4 is 10.6 Å². The van der Waals surface area contributed by atoms with Gasteiger partial charge < -0.3 is 34.7 Å². The highest BCUT2D eigenvalue weighted by Crippen LogP contribution is 2.43. The Kier molecular flexibility index (Phi) is 11.9. The Morgan fingerprint density at radius 3 is 1.97 bits per heavy atom. The quantitative estimate of drug-likeness (QED) is 0.201. The van der Waals surface area contributed by atoms with Gasteiger partial charge in [0.05, 0.1) is 25.7 Å². The molecule has 3 atom stereocenters. The summed E-state index contributed by atoms with van der Waals surface area (Å²) in [5.74, 6) is -6.17. The Bertz CT molecular complexity index is 892. The Morgan fingerprint density at radius 2 is 1.51 bits per heavy atom. The van der Waals surface area contributed by atoms with Gasteiger partial charge in [0, 0.05) is 31.1 Å². The van der Waals surface area contributed by atoms with Gasteiger partial charge in [0.1, 0.15) is 12.1 Å². The molecule has 0 radical (unpaired) electrons. The van der Waals surface area contributed by atoms with Crippen LogP contribution in [-0.2, 0) is 47.7 Å². The van der Waals surface area contributed by atoms with Gasteiger partial charge in [-0.3, -0.25) is 9.59 Å². The van der Waals surface area contributed by atoms with E-state index in [4.69, 9.17) is 9.47 Å². The molecule has 1 aliphatic rings. The lowest BCUT2D eigenvalue weighted by Crippen LogP contribution is -2.47. The predicted molar refractivity (Wildman–Crippen MR) is 124 cm³/mol. The monoisotopic (exact) mass is 536 g/mol. The molecule has 196 valence electrons. The van der Waals surface area contributed by atoms with Gasteiger partial charge in [0.15, 0.2) is 0 Å². The lowest BCUT2D eigenvalue weighted by Gasteiger charge is -2.28. The molecule has 0 bridgehead atoms. The summed E-state index contributed by atoms with van der Waals surface area (Å²) >= 11 is 1.67. The van der Waals surface area contributed by atoms with Gasteiger partial charge in [-0.2, -0.15) is 11.8 Å². The SMILES string of the molecule is CCOC(=O)C1(CSCC(NC(C)=O)C(=O)OC)OC(=O)C(O)=C1SCC(NC(C)=O)C(=O)OC. The van der Waals surface area contributed by atoms with E-state index >= 15 is 0 Å². The molecule has 3 N–H and O–H groups in total. The van der Waals surface area contributed by atoms with Crippen LogP contribution in [0.25, 0.3) is 0 Å². The van der Waals surface area contributed by atoms with E-state index in [9.17, 15) is 33.9 Å². The van der Waals surface area contributed by atoms with E-state index in [0.717, 1.165) is 37.7 Å². The Morgan fingerprint density at radius 1 is 1.00 bits per heavy atom. The van der Waals surface area contributed by atoms with Crippen LogP contribution in [-0.4, -0.2) is 96.6 Å². The van der Waals surface area contributed by atoms with Gasteiger partial charge in [0.2, 0.25) is 17.6 Å². The fourth-order valence-electron chi connectivity index (χ4n) is 2.86. The summed E-state index contributed by atoms with van der Waals surface area (Å²) in [5, 5.41) is 15.2. The van der Waals surface area contributed by atoms with E-state index in [1.807, 2.05) is 0 Å². The number of cyclic esters (lactones) is 1. The lowest BCUT2D eigenvalue weighted by molar-refractivity contribution is -0.169. The third-order valence-corrected chi connectivity index (χ3v) is 6.85. The van der Waals surface area contributed by atoms with Crippen LogP contribution in [0.5, 0.6) is 0 Å². The van der Waals surface area contributed by atoms with Crippen LogP contribution in [0.1, 0.15) is 20.8 Å². The summed E-state index contributed by atoms with van der Waals surface area (Å²) in [4.78, 5) is 71.8. The molecule has 15 heteroatoms. The lowest BCUT2D eigenvalue weighted by atomic mass is 10.1. The van der Waals surface area contributed by atoms with Gasteiger partial charge in [-0.15, -0.1) is 11.8 Å². The van der Waals surface area contributed by atoms with Gasteiger partial charge in [-0.05, 0) is 6.92 Å². The van der Waals surface area contributed by atoms with Gasteiger partial charge in [0.25, 0.3) is 5.60 Å². The number of amides is 2. The van der Waals surface area contributed by atoms with Crippen molar-refractivity contribution >= 4 is 59.2 Å². The largest absolute Gasteiger partial charge is 0.501 e. The molecule has 0 aliphatic carbocycles. The normalized spacial score (nSPS) is 18.7. The highest BCUT2D eigenvalue weighted by Gasteiger charge is 2.56. The van der Waals surface area contributed by atoms with Crippen LogP contribution in [0.15, 0.2) is 10.7 Å². The van der Waals surface area contributed by atoms with Crippen LogP contribution >= 0.6 is 23.5 Å². The van der Waals surface area contributed by atoms with Crippen molar-refractivity contribution in [2.75, 3.05) is 38.1 Å². The van der Waals surface area contributed by atoms with Crippen LogP contribution in [0.4, 0.5) is 0 Å². The summed E-state index contributed by atoms with van der Waals surface area (Å²) in [5.41, 5.74) is -2.10. The zero-order chi connectivity index (χ0) is 26.8. The first-order valence-corrected chi connectivity index (χ1v) is 12.3. The van der Waals surface area contributed by atoms with Crippen molar-refractivity contribution in [2.45, 2.75) is 38.5 Å². The molecule has 3 unspecified atom stereocenters. The van der Waals surface area contributed by atoms with Crippen LogP contribution in [0.2, 0.25) is 0 Å². The van der Waals surface area contributed by atoms with E-state index in [0.29, 0.717) is 0 Å². The summed E-state index contributed by atoms with van der Waals surface area (Å²) in [6.45, 7) is 3.85. The van der Waals surface area contributed by atoms with E-state index in [1.54, 1.807) is 0 Å². The Labute approximate surface area is 210 Å². The molecule has 0 aromatic rings. The molecule has 0 aromatic heterocycles. The fraction of sp³-hybridized carbons (Fsp3) is 0.600. The molecule has 0 saturated carbocycles. The molecule has 1 aliphatic heterocycles. The number of carbonyl (C=O) groups excluding carboxylic acids is 6. The zero-order valence-corrected chi connectivity index (χ0v) is 21.5. The van der Waals surface area contributed by atoms with E-state index in [2.05, 4.69) is 20.1 Å². The predicted octanol–water partition coefficient (Wildman–Crippen LogP) is -0.563. The molecule has 0 fully saturated rings. The second-order valence-corrected chi connectivity index (χ2v) is 9.05. The van der Waals surface area contributed by atoms with Gasteiger partial charge >= 0.3 is 23.9 Å². The van der Waals surface area contributed by atoms with Crippen molar-refractivity contribution in [1.82, 2.24) is 10.6 Å².